The Bertz CT molecular complexity index is 622. The molecule has 3 heteroatoms. The Balaban J connectivity index is 2.01. The molecule has 0 saturated carbocycles. The SMILES string of the molecule is CC(C)(O)C(=O)c1ccc(CCc2cccc(O)c2)cc1. The van der Waals surface area contributed by atoms with Crippen molar-refractivity contribution in [2.24, 2.45) is 0 Å². The van der Waals surface area contributed by atoms with E-state index in [1.807, 2.05) is 24.3 Å². The van der Waals surface area contributed by atoms with E-state index in [1.54, 1.807) is 24.3 Å². The van der Waals surface area contributed by atoms with Crippen molar-refractivity contribution in [2.75, 3.05) is 0 Å². The van der Waals surface area contributed by atoms with Crippen LogP contribution in [-0.4, -0.2) is 21.6 Å². The maximum atomic E-state index is 11.9. The van der Waals surface area contributed by atoms with Crippen molar-refractivity contribution in [3.8, 4) is 5.75 Å². The van der Waals surface area contributed by atoms with Crippen LogP contribution >= 0.6 is 0 Å². The molecule has 0 aliphatic carbocycles. The summed E-state index contributed by atoms with van der Waals surface area (Å²) in [6.07, 6.45) is 1.66. The van der Waals surface area contributed by atoms with Gasteiger partial charge in [-0.1, -0.05) is 36.4 Å². The quantitative estimate of drug-likeness (QED) is 0.829. The topological polar surface area (TPSA) is 57.5 Å². The highest BCUT2D eigenvalue weighted by Crippen LogP contribution is 2.16. The number of benzene rings is 2. The molecule has 21 heavy (non-hydrogen) atoms. The molecule has 3 nitrogen and oxygen atoms in total. The third-order valence-corrected chi connectivity index (χ3v) is 3.38. The van der Waals surface area contributed by atoms with Crippen LogP contribution in [0.1, 0.15) is 35.3 Å². The van der Waals surface area contributed by atoms with E-state index in [0.717, 1.165) is 24.0 Å². The van der Waals surface area contributed by atoms with Gasteiger partial charge in [0, 0.05) is 5.56 Å². The molecule has 0 bridgehead atoms. The summed E-state index contributed by atoms with van der Waals surface area (Å²) in [7, 11) is 0. The first-order chi connectivity index (χ1) is 9.86. The molecule has 0 radical (unpaired) electrons. The second kappa shape index (κ2) is 6.10. The first-order valence-corrected chi connectivity index (χ1v) is 7.00. The predicted octanol–water partition coefficient (Wildman–Crippen LogP) is 3.13. The minimum atomic E-state index is -1.34. The van der Waals surface area contributed by atoms with E-state index in [2.05, 4.69) is 0 Å². The first-order valence-electron chi connectivity index (χ1n) is 7.00. The van der Waals surface area contributed by atoms with Gasteiger partial charge in [-0.15, -0.1) is 0 Å². The number of Topliss-reactive ketones (excluding diaryl/α,β-unsaturated/α-hetero) is 1. The van der Waals surface area contributed by atoms with Crippen LogP contribution in [0, 0.1) is 0 Å². The van der Waals surface area contributed by atoms with E-state index >= 15 is 0 Å². The number of aryl methyl sites for hydroxylation is 2. The van der Waals surface area contributed by atoms with Crippen molar-refractivity contribution < 1.29 is 15.0 Å². The molecule has 0 aliphatic heterocycles. The third kappa shape index (κ3) is 4.17. The lowest BCUT2D eigenvalue weighted by Gasteiger charge is -2.15. The van der Waals surface area contributed by atoms with Crippen LogP contribution in [0.15, 0.2) is 48.5 Å². The zero-order valence-electron chi connectivity index (χ0n) is 12.3. The van der Waals surface area contributed by atoms with E-state index < -0.39 is 5.60 Å². The van der Waals surface area contributed by atoms with E-state index in [1.165, 1.54) is 13.8 Å². The Morgan fingerprint density at radius 3 is 2.19 bits per heavy atom. The standard InChI is InChI=1S/C18H20O3/c1-18(2,21)17(20)15-10-8-13(9-11-15)6-7-14-4-3-5-16(19)12-14/h3-5,8-12,19,21H,6-7H2,1-2H3. The molecule has 110 valence electrons. The number of aliphatic hydroxyl groups is 1. The first kappa shape index (κ1) is 15.3. The van der Waals surface area contributed by atoms with Crippen LogP contribution in [0.2, 0.25) is 0 Å². The van der Waals surface area contributed by atoms with Crippen molar-refractivity contribution in [1.29, 1.82) is 0 Å². The van der Waals surface area contributed by atoms with E-state index in [4.69, 9.17) is 0 Å². The number of carbonyl (C=O) groups is 1. The largest absolute Gasteiger partial charge is 0.508 e. The van der Waals surface area contributed by atoms with Crippen molar-refractivity contribution in [1.82, 2.24) is 0 Å². The molecule has 0 aromatic heterocycles. The van der Waals surface area contributed by atoms with Crippen LogP contribution in [0.5, 0.6) is 5.75 Å². The summed E-state index contributed by atoms with van der Waals surface area (Å²) < 4.78 is 0. The lowest BCUT2D eigenvalue weighted by molar-refractivity contribution is 0.0488. The Hall–Kier alpha value is -2.13. The lowest BCUT2D eigenvalue weighted by atomic mass is 9.95. The van der Waals surface area contributed by atoms with E-state index in [9.17, 15) is 15.0 Å². The number of carbonyl (C=O) groups excluding carboxylic acids is 1. The molecule has 2 rings (SSSR count). The monoisotopic (exact) mass is 284 g/mol. The van der Waals surface area contributed by atoms with Gasteiger partial charge in [-0.25, -0.2) is 0 Å². The van der Waals surface area contributed by atoms with Crippen molar-refractivity contribution in [3.05, 3.63) is 65.2 Å². The molecule has 0 saturated heterocycles. The Morgan fingerprint density at radius 1 is 1.00 bits per heavy atom. The molecule has 0 amide bonds. The minimum Gasteiger partial charge on any atom is -0.508 e. The van der Waals surface area contributed by atoms with Gasteiger partial charge in [-0.2, -0.15) is 0 Å². The average Bonchev–Trinajstić information content (AvgIpc) is 2.44. The maximum Gasteiger partial charge on any atom is 0.193 e. The van der Waals surface area contributed by atoms with Gasteiger partial charge >= 0.3 is 0 Å². The van der Waals surface area contributed by atoms with Crippen LogP contribution in [0.25, 0.3) is 0 Å². The van der Waals surface area contributed by atoms with Crippen LogP contribution < -0.4 is 0 Å². The maximum absolute atomic E-state index is 11.9. The highest BCUT2D eigenvalue weighted by molar-refractivity contribution is 6.01. The normalized spacial score (nSPS) is 11.4. The van der Waals surface area contributed by atoms with Gasteiger partial charge in [-0.3, -0.25) is 4.79 Å². The van der Waals surface area contributed by atoms with Crippen molar-refractivity contribution >= 4 is 5.78 Å². The van der Waals surface area contributed by atoms with E-state index in [-0.39, 0.29) is 11.5 Å². The number of rotatable bonds is 5. The Labute approximate surface area is 124 Å². The zero-order valence-corrected chi connectivity index (χ0v) is 12.3. The molecule has 0 unspecified atom stereocenters. The molecule has 0 atom stereocenters. The van der Waals surface area contributed by atoms with Gasteiger partial charge in [0.05, 0.1) is 0 Å². The molecule has 2 aromatic carbocycles. The summed E-state index contributed by atoms with van der Waals surface area (Å²) in [5, 5.41) is 19.1. The van der Waals surface area contributed by atoms with Gasteiger partial charge in [0.25, 0.3) is 0 Å². The second-order valence-electron chi connectivity index (χ2n) is 5.75. The molecular weight excluding hydrogens is 264 g/mol. The number of hydrogen-bond acceptors (Lipinski definition) is 3. The summed E-state index contributed by atoms with van der Waals surface area (Å²) in [6, 6.07) is 14.5. The summed E-state index contributed by atoms with van der Waals surface area (Å²) in [5.41, 5.74) is 1.36. The van der Waals surface area contributed by atoms with Crippen LogP contribution in [-0.2, 0) is 12.8 Å². The smallest absolute Gasteiger partial charge is 0.193 e. The fourth-order valence-electron chi connectivity index (χ4n) is 2.18. The number of hydrogen-bond donors (Lipinski definition) is 2. The van der Waals surface area contributed by atoms with Gasteiger partial charge < -0.3 is 10.2 Å². The summed E-state index contributed by atoms with van der Waals surface area (Å²) >= 11 is 0. The minimum absolute atomic E-state index is 0.276. The highest BCUT2D eigenvalue weighted by Gasteiger charge is 2.24. The van der Waals surface area contributed by atoms with Crippen LogP contribution in [0.4, 0.5) is 0 Å². The Kier molecular flexibility index (Phi) is 4.43. The fourth-order valence-corrected chi connectivity index (χ4v) is 2.18. The molecule has 0 aliphatic rings. The number of phenolic OH excluding ortho intramolecular Hbond substituents is 1. The lowest BCUT2D eigenvalue weighted by Crippen LogP contribution is -2.31. The average molecular weight is 284 g/mol. The molecular formula is C18H20O3. The summed E-state index contributed by atoms with van der Waals surface area (Å²) in [4.78, 5) is 11.9. The number of ketones is 1. The molecule has 0 spiro atoms. The number of phenols is 1. The second-order valence-corrected chi connectivity index (χ2v) is 5.75. The number of aromatic hydroxyl groups is 1. The van der Waals surface area contributed by atoms with Gasteiger partial charge in [0.15, 0.2) is 5.78 Å². The van der Waals surface area contributed by atoms with Crippen LogP contribution in [0.3, 0.4) is 0 Å². The fraction of sp³-hybridized carbons (Fsp3) is 0.278. The van der Waals surface area contributed by atoms with Gasteiger partial charge in [0.2, 0.25) is 0 Å². The zero-order chi connectivity index (χ0) is 15.5. The Morgan fingerprint density at radius 2 is 1.62 bits per heavy atom. The third-order valence-electron chi connectivity index (χ3n) is 3.38. The molecule has 2 aromatic rings. The van der Waals surface area contributed by atoms with E-state index in [0.29, 0.717) is 5.56 Å². The summed E-state index contributed by atoms with van der Waals surface area (Å²) in [6.45, 7) is 2.98. The molecule has 0 heterocycles. The predicted molar refractivity (Wildman–Crippen MR) is 82.6 cm³/mol. The molecule has 0 fully saturated rings. The van der Waals surface area contributed by atoms with Crippen molar-refractivity contribution in [3.63, 3.8) is 0 Å². The molecule has 2 N–H and O–H groups in total. The highest BCUT2D eigenvalue weighted by atomic mass is 16.3. The van der Waals surface area contributed by atoms with Gasteiger partial charge in [0.1, 0.15) is 11.4 Å². The van der Waals surface area contributed by atoms with Gasteiger partial charge in [-0.05, 0) is 49.9 Å². The summed E-state index contributed by atoms with van der Waals surface area (Å²) in [5.74, 6) is 0.000605. The van der Waals surface area contributed by atoms with Crippen molar-refractivity contribution in [2.45, 2.75) is 32.3 Å².